The van der Waals surface area contributed by atoms with Crippen molar-refractivity contribution in [1.82, 2.24) is 0 Å². The summed E-state index contributed by atoms with van der Waals surface area (Å²) < 4.78 is 0. The molecular weight excluding hydrogens is 264 g/mol. The molecule has 0 aliphatic heterocycles. The molecule has 0 spiro atoms. The highest BCUT2D eigenvalue weighted by Gasteiger charge is 2.06. The van der Waals surface area contributed by atoms with Crippen molar-refractivity contribution in [3.05, 3.63) is 82.4 Å². The Bertz CT molecular complexity index is 794. The van der Waals surface area contributed by atoms with Gasteiger partial charge in [-0.05, 0) is 22.4 Å². The molecule has 3 rings (SSSR count). The van der Waals surface area contributed by atoms with Gasteiger partial charge in [-0.25, -0.2) is 0 Å². The zero-order chi connectivity index (χ0) is 14.7. The quantitative estimate of drug-likeness (QED) is 0.570. The minimum atomic E-state index is -0.386. The van der Waals surface area contributed by atoms with Crippen molar-refractivity contribution < 1.29 is 4.92 Å². The first-order chi connectivity index (χ1) is 10.2. The highest BCUT2D eigenvalue weighted by atomic mass is 16.6. The van der Waals surface area contributed by atoms with E-state index in [0.717, 1.165) is 5.69 Å². The van der Waals surface area contributed by atoms with E-state index >= 15 is 0 Å². The first-order valence-electron chi connectivity index (χ1n) is 6.69. The summed E-state index contributed by atoms with van der Waals surface area (Å²) in [5.74, 6) is 0. The van der Waals surface area contributed by atoms with E-state index in [-0.39, 0.29) is 10.6 Å². The number of non-ortho nitro benzene ring substituents is 1. The van der Waals surface area contributed by atoms with Gasteiger partial charge in [-0.15, -0.1) is 0 Å². The first kappa shape index (κ1) is 13.1. The fraction of sp³-hybridized carbons (Fsp3) is 0.0588. The second-order valence-electron chi connectivity index (χ2n) is 4.80. The van der Waals surface area contributed by atoms with E-state index in [1.165, 1.54) is 22.4 Å². The van der Waals surface area contributed by atoms with Gasteiger partial charge in [0.2, 0.25) is 0 Å². The van der Waals surface area contributed by atoms with E-state index in [0.29, 0.717) is 6.54 Å². The summed E-state index contributed by atoms with van der Waals surface area (Å²) in [7, 11) is 0. The number of anilines is 1. The Labute approximate surface area is 122 Å². The Kier molecular flexibility index (Phi) is 3.51. The maximum absolute atomic E-state index is 10.8. The van der Waals surface area contributed by atoms with Crippen molar-refractivity contribution in [1.29, 1.82) is 0 Å². The molecule has 21 heavy (non-hydrogen) atoms. The van der Waals surface area contributed by atoms with Crippen LogP contribution in [0.2, 0.25) is 0 Å². The summed E-state index contributed by atoms with van der Waals surface area (Å²) in [6.07, 6.45) is 0. The van der Waals surface area contributed by atoms with Crippen LogP contribution < -0.4 is 5.32 Å². The average Bonchev–Trinajstić information content (AvgIpc) is 2.53. The van der Waals surface area contributed by atoms with Crippen molar-refractivity contribution >= 4 is 22.1 Å². The molecule has 0 radical (unpaired) electrons. The van der Waals surface area contributed by atoms with Gasteiger partial charge < -0.3 is 5.32 Å². The number of benzene rings is 3. The van der Waals surface area contributed by atoms with E-state index in [2.05, 4.69) is 29.6 Å². The summed E-state index contributed by atoms with van der Waals surface area (Å²) in [4.78, 5) is 10.4. The average molecular weight is 278 g/mol. The zero-order valence-corrected chi connectivity index (χ0v) is 11.3. The third-order valence-corrected chi connectivity index (χ3v) is 3.42. The van der Waals surface area contributed by atoms with Crippen LogP contribution in [0, 0.1) is 10.1 Å². The third-order valence-electron chi connectivity index (χ3n) is 3.42. The van der Waals surface area contributed by atoms with Gasteiger partial charge in [0.15, 0.2) is 0 Å². The van der Waals surface area contributed by atoms with Crippen molar-refractivity contribution in [3.8, 4) is 0 Å². The SMILES string of the molecule is O=[N+]([O-])c1cccc(NCc2cccc3ccccc23)c1. The van der Waals surface area contributed by atoms with Gasteiger partial charge >= 0.3 is 0 Å². The fourth-order valence-electron chi connectivity index (χ4n) is 2.37. The molecule has 104 valence electrons. The minimum Gasteiger partial charge on any atom is -0.381 e. The van der Waals surface area contributed by atoms with Crippen LogP contribution >= 0.6 is 0 Å². The lowest BCUT2D eigenvalue weighted by molar-refractivity contribution is -0.384. The van der Waals surface area contributed by atoms with Crippen LogP contribution in [0.3, 0.4) is 0 Å². The molecule has 0 fully saturated rings. The summed E-state index contributed by atoms with van der Waals surface area (Å²) in [5.41, 5.74) is 2.01. The summed E-state index contributed by atoms with van der Waals surface area (Å²) in [6.45, 7) is 0.628. The van der Waals surface area contributed by atoms with E-state index in [1.807, 2.05) is 24.3 Å². The predicted molar refractivity (Wildman–Crippen MR) is 84.4 cm³/mol. The van der Waals surface area contributed by atoms with Crippen molar-refractivity contribution in [2.45, 2.75) is 6.54 Å². The normalized spacial score (nSPS) is 10.5. The Morgan fingerprint density at radius 1 is 0.952 bits per heavy atom. The van der Waals surface area contributed by atoms with Gasteiger partial charge in [0.05, 0.1) is 4.92 Å². The van der Waals surface area contributed by atoms with Crippen LogP contribution in [-0.4, -0.2) is 4.92 Å². The van der Waals surface area contributed by atoms with Gasteiger partial charge in [-0.1, -0.05) is 48.5 Å². The number of hydrogen-bond donors (Lipinski definition) is 1. The molecule has 0 atom stereocenters. The molecule has 1 N–H and O–H groups in total. The van der Waals surface area contributed by atoms with Gasteiger partial charge in [0.25, 0.3) is 5.69 Å². The summed E-state index contributed by atoms with van der Waals surface area (Å²) in [5, 5.41) is 16.4. The van der Waals surface area contributed by atoms with Gasteiger partial charge in [0.1, 0.15) is 0 Å². The highest BCUT2D eigenvalue weighted by Crippen LogP contribution is 2.21. The summed E-state index contributed by atoms with van der Waals surface area (Å²) in [6, 6.07) is 20.9. The number of nitrogens with zero attached hydrogens (tertiary/aromatic N) is 1. The van der Waals surface area contributed by atoms with Crippen LogP contribution in [0.25, 0.3) is 10.8 Å². The Hall–Kier alpha value is -2.88. The van der Waals surface area contributed by atoms with E-state index in [1.54, 1.807) is 12.1 Å². The molecule has 0 amide bonds. The first-order valence-corrected chi connectivity index (χ1v) is 6.69. The molecule has 0 unspecified atom stereocenters. The molecule has 0 saturated heterocycles. The molecule has 0 heterocycles. The van der Waals surface area contributed by atoms with Crippen LogP contribution in [0.5, 0.6) is 0 Å². The highest BCUT2D eigenvalue weighted by molar-refractivity contribution is 5.85. The number of nitro benzene ring substituents is 1. The van der Waals surface area contributed by atoms with Gasteiger partial charge in [-0.3, -0.25) is 10.1 Å². The molecule has 0 aliphatic rings. The lowest BCUT2D eigenvalue weighted by atomic mass is 10.0. The Balaban J connectivity index is 1.84. The van der Waals surface area contributed by atoms with Crippen molar-refractivity contribution in [2.24, 2.45) is 0 Å². The predicted octanol–water partition coefficient (Wildman–Crippen LogP) is 4.36. The zero-order valence-electron chi connectivity index (χ0n) is 11.3. The molecule has 3 aromatic rings. The lowest BCUT2D eigenvalue weighted by Gasteiger charge is -2.09. The smallest absolute Gasteiger partial charge is 0.271 e. The number of hydrogen-bond acceptors (Lipinski definition) is 3. The van der Waals surface area contributed by atoms with E-state index in [4.69, 9.17) is 0 Å². The molecule has 0 aromatic heterocycles. The fourth-order valence-corrected chi connectivity index (χ4v) is 2.37. The molecular formula is C17H14N2O2. The van der Waals surface area contributed by atoms with Crippen molar-refractivity contribution in [3.63, 3.8) is 0 Å². The molecule has 3 aromatic carbocycles. The number of rotatable bonds is 4. The van der Waals surface area contributed by atoms with Gasteiger partial charge in [0, 0.05) is 24.4 Å². The van der Waals surface area contributed by atoms with E-state index < -0.39 is 0 Å². The van der Waals surface area contributed by atoms with Crippen LogP contribution in [0.15, 0.2) is 66.7 Å². The lowest BCUT2D eigenvalue weighted by Crippen LogP contribution is -2.00. The monoisotopic (exact) mass is 278 g/mol. The van der Waals surface area contributed by atoms with Crippen LogP contribution in [-0.2, 0) is 6.54 Å². The van der Waals surface area contributed by atoms with E-state index in [9.17, 15) is 10.1 Å². The second-order valence-corrected chi connectivity index (χ2v) is 4.80. The van der Waals surface area contributed by atoms with Crippen LogP contribution in [0.4, 0.5) is 11.4 Å². The topological polar surface area (TPSA) is 55.2 Å². The summed E-state index contributed by atoms with van der Waals surface area (Å²) >= 11 is 0. The molecule has 0 bridgehead atoms. The number of nitrogens with one attached hydrogen (secondary N) is 1. The molecule has 4 nitrogen and oxygen atoms in total. The molecule has 4 heteroatoms. The number of fused-ring (bicyclic) bond motifs is 1. The van der Waals surface area contributed by atoms with Crippen molar-refractivity contribution in [2.75, 3.05) is 5.32 Å². The Morgan fingerprint density at radius 3 is 2.57 bits per heavy atom. The minimum absolute atomic E-state index is 0.0953. The number of nitro groups is 1. The largest absolute Gasteiger partial charge is 0.381 e. The third kappa shape index (κ3) is 2.84. The maximum Gasteiger partial charge on any atom is 0.271 e. The standard InChI is InChI=1S/C17H14N2O2/c20-19(21)16-9-4-8-15(11-16)18-12-14-7-3-6-13-5-1-2-10-17(13)14/h1-11,18H,12H2. The second kappa shape index (κ2) is 5.63. The maximum atomic E-state index is 10.8. The molecule has 0 saturated carbocycles. The van der Waals surface area contributed by atoms with Crippen LogP contribution in [0.1, 0.15) is 5.56 Å². The molecule has 0 aliphatic carbocycles. The Morgan fingerprint density at radius 2 is 1.71 bits per heavy atom. The van der Waals surface area contributed by atoms with Gasteiger partial charge in [-0.2, -0.15) is 0 Å².